The van der Waals surface area contributed by atoms with Gasteiger partial charge in [0.25, 0.3) is 0 Å². The number of rotatable bonds is 5. The number of amides is 2. The average Bonchev–Trinajstić information content (AvgIpc) is 2.78. The number of hydrogen-bond acceptors (Lipinski definition) is 7. The second-order valence-electron chi connectivity index (χ2n) is 7.26. The zero-order valence-electron chi connectivity index (χ0n) is 18.3. The number of nitrogens with zero attached hydrogens (tertiary/aromatic N) is 4. The van der Waals surface area contributed by atoms with E-state index in [2.05, 4.69) is 10.2 Å². The van der Waals surface area contributed by atoms with Gasteiger partial charge in [-0.15, -0.1) is 5.10 Å². The van der Waals surface area contributed by atoms with Gasteiger partial charge in [-0.2, -0.15) is 5.10 Å². The number of urea groups is 1. The van der Waals surface area contributed by atoms with Crippen molar-refractivity contribution in [2.24, 2.45) is 21.9 Å². The predicted molar refractivity (Wildman–Crippen MR) is 121 cm³/mol. The third kappa shape index (κ3) is 5.21. The number of carbonyl (C=O) groups is 1. The van der Waals surface area contributed by atoms with Crippen LogP contribution in [0.4, 0.5) is 14.9 Å². The lowest BCUT2D eigenvalue weighted by molar-refractivity contribution is 0.216. The molecule has 0 saturated heterocycles. The molecule has 2 aromatic rings. The van der Waals surface area contributed by atoms with Gasteiger partial charge in [-0.3, -0.25) is 5.01 Å². The van der Waals surface area contributed by atoms with Crippen molar-refractivity contribution in [2.75, 3.05) is 18.7 Å². The van der Waals surface area contributed by atoms with Crippen LogP contribution in [0.5, 0.6) is 5.75 Å². The molecule has 10 heteroatoms. The Balaban J connectivity index is 1.81. The maximum atomic E-state index is 13.7. The number of carbonyl (C=O) groups excluding carboxylic acids is 1. The Morgan fingerprint density at radius 3 is 2.78 bits per heavy atom. The van der Waals surface area contributed by atoms with Crippen LogP contribution in [0.2, 0.25) is 0 Å². The molecule has 170 valence electrons. The van der Waals surface area contributed by atoms with Gasteiger partial charge in [0.2, 0.25) is 5.90 Å². The molecular formula is C22H27FN6O3. The SMILES string of the molecule is CC/C(=N\N=C1CCOc2ccc(F)cc21)OCc1c(C)cccc1N(N)C(=O)N(C)N. The fourth-order valence-electron chi connectivity index (χ4n) is 3.20. The van der Waals surface area contributed by atoms with Crippen molar-refractivity contribution in [3.8, 4) is 5.75 Å². The highest BCUT2D eigenvalue weighted by atomic mass is 19.1. The summed E-state index contributed by atoms with van der Waals surface area (Å²) in [5.74, 6) is 12.1. The molecule has 3 rings (SSSR count). The van der Waals surface area contributed by atoms with Crippen molar-refractivity contribution < 1.29 is 18.7 Å². The predicted octanol–water partition coefficient (Wildman–Crippen LogP) is 3.25. The van der Waals surface area contributed by atoms with E-state index in [1.807, 2.05) is 19.9 Å². The molecule has 0 aliphatic carbocycles. The number of hydrazine groups is 2. The highest BCUT2D eigenvalue weighted by Crippen LogP contribution is 2.26. The molecule has 0 bridgehead atoms. The quantitative estimate of drug-likeness (QED) is 0.242. The van der Waals surface area contributed by atoms with Crippen LogP contribution >= 0.6 is 0 Å². The third-order valence-electron chi connectivity index (χ3n) is 4.97. The number of ether oxygens (including phenoxy) is 2. The summed E-state index contributed by atoms with van der Waals surface area (Å²) in [6.07, 6.45) is 0.997. The van der Waals surface area contributed by atoms with E-state index in [4.69, 9.17) is 21.2 Å². The first-order valence-electron chi connectivity index (χ1n) is 10.2. The third-order valence-corrected chi connectivity index (χ3v) is 4.97. The smallest absolute Gasteiger partial charge is 0.352 e. The minimum absolute atomic E-state index is 0.128. The van der Waals surface area contributed by atoms with Gasteiger partial charge in [-0.25, -0.2) is 25.9 Å². The second-order valence-corrected chi connectivity index (χ2v) is 7.26. The summed E-state index contributed by atoms with van der Waals surface area (Å²) >= 11 is 0. The topological polar surface area (TPSA) is 119 Å². The lowest BCUT2D eigenvalue weighted by atomic mass is 10.0. The van der Waals surface area contributed by atoms with E-state index >= 15 is 0 Å². The first-order chi connectivity index (χ1) is 15.3. The summed E-state index contributed by atoms with van der Waals surface area (Å²) in [5, 5.41) is 10.4. The standard InChI is InChI=1S/C22H27FN6O3/c1-4-21(27-26-18-10-11-31-20-9-8-15(23)12-16(18)20)32-13-17-14(2)6-5-7-19(17)29(25)22(30)28(3)24/h5-9,12H,4,10-11,13,24-25H2,1-3H3/b26-18?,27-21+. The van der Waals surface area contributed by atoms with Crippen LogP contribution in [-0.2, 0) is 11.3 Å². The first kappa shape index (κ1) is 23.2. The zero-order valence-corrected chi connectivity index (χ0v) is 18.3. The molecule has 0 spiro atoms. The minimum atomic E-state index is -0.571. The van der Waals surface area contributed by atoms with Gasteiger partial charge in [0.15, 0.2) is 0 Å². The molecule has 9 nitrogen and oxygen atoms in total. The molecule has 1 heterocycles. The molecule has 0 fully saturated rings. The van der Waals surface area contributed by atoms with E-state index in [0.29, 0.717) is 48.1 Å². The van der Waals surface area contributed by atoms with Gasteiger partial charge in [-0.05, 0) is 36.8 Å². The zero-order chi connectivity index (χ0) is 23.3. The molecule has 2 amide bonds. The van der Waals surface area contributed by atoms with Crippen LogP contribution in [0, 0.1) is 12.7 Å². The maximum Gasteiger partial charge on any atom is 0.352 e. The highest BCUT2D eigenvalue weighted by Gasteiger charge is 2.20. The van der Waals surface area contributed by atoms with Crippen molar-refractivity contribution in [1.82, 2.24) is 5.01 Å². The van der Waals surface area contributed by atoms with Gasteiger partial charge >= 0.3 is 6.03 Å². The van der Waals surface area contributed by atoms with Gasteiger partial charge in [0, 0.05) is 31.0 Å². The number of nitrogens with two attached hydrogens (primary N) is 2. The Bertz CT molecular complexity index is 1050. The summed E-state index contributed by atoms with van der Waals surface area (Å²) in [5.41, 5.74) is 3.29. The van der Waals surface area contributed by atoms with Crippen molar-refractivity contribution in [2.45, 2.75) is 33.3 Å². The lowest BCUT2D eigenvalue weighted by Crippen LogP contribution is -2.49. The first-order valence-corrected chi connectivity index (χ1v) is 10.2. The van der Waals surface area contributed by atoms with E-state index in [1.54, 1.807) is 18.2 Å². The van der Waals surface area contributed by atoms with Crippen LogP contribution in [0.15, 0.2) is 46.6 Å². The summed E-state index contributed by atoms with van der Waals surface area (Å²) in [7, 11) is 1.41. The van der Waals surface area contributed by atoms with E-state index in [1.165, 1.54) is 19.2 Å². The number of benzene rings is 2. The normalized spacial score (nSPS) is 14.6. The number of fused-ring (bicyclic) bond motifs is 1. The van der Waals surface area contributed by atoms with Crippen molar-refractivity contribution in [1.29, 1.82) is 0 Å². The maximum absolute atomic E-state index is 13.7. The number of aryl methyl sites for hydroxylation is 1. The van der Waals surface area contributed by atoms with Crippen LogP contribution in [0.3, 0.4) is 0 Å². The number of halogens is 1. The second kappa shape index (κ2) is 10.2. The fraction of sp³-hybridized carbons (Fsp3) is 0.318. The summed E-state index contributed by atoms with van der Waals surface area (Å²) in [6.45, 7) is 4.35. The molecule has 1 aliphatic heterocycles. The lowest BCUT2D eigenvalue weighted by Gasteiger charge is -2.24. The van der Waals surface area contributed by atoms with E-state index < -0.39 is 6.03 Å². The Morgan fingerprint density at radius 2 is 2.06 bits per heavy atom. The molecule has 0 radical (unpaired) electrons. The Hall–Kier alpha value is -3.50. The molecule has 0 atom stereocenters. The molecule has 0 saturated carbocycles. The molecular weight excluding hydrogens is 415 g/mol. The molecule has 2 aromatic carbocycles. The van der Waals surface area contributed by atoms with Crippen LogP contribution < -0.4 is 21.4 Å². The largest absolute Gasteiger partial charge is 0.492 e. The van der Waals surface area contributed by atoms with Crippen LogP contribution in [0.1, 0.15) is 36.5 Å². The van der Waals surface area contributed by atoms with Gasteiger partial charge in [-0.1, -0.05) is 19.1 Å². The molecule has 1 aliphatic rings. The Morgan fingerprint density at radius 1 is 1.28 bits per heavy atom. The van der Waals surface area contributed by atoms with E-state index in [9.17, 15) is 9.18 Å². The average molecular weight is 442 g/mol. The molecule has 0 aromatic heterocycles. The van der Waals surface area contributed by atoms with Crippen LogP contribution in [-0.4, -0.2) is 36.3 Å². The minimum Gasteiger partial charge on any atom is -0.492 e. The molecule has 4 N–H and O–H groups in total. The van der Waals surface area contributed by atoms with Gasteiger partial charge in [0.05, 0.1) is 18.0 Å². The molecule has 32 heavy (non-hydrogen) atoms. The van der Waals surface area contributed by atoms with E-state index in [0.717, 1.165) is 21.1 Å². The number of anilines is 1. The monoisotopic (exact) mass is 442 g/mol. The molecule has 0 unspecified atom stereocenters. The highest BCUT2D eigenvalue weighted by molar-refractivity contribution is 6.04. The Kier molecular flexibility index (Phi) is 7.39. The summed E-state index contributed by atoms with van der Waals surface area (Å²) in [6, 6.07) is 9.14. The van der Waals surface area contributed by atoms with Crippen molar-refractivity contribution in [3.63, 3.8) is 0 Å². The summed E-state index contributed by atoms with van der Waals surface area (Å²) in [4.78, 5) is 12.2. The Labute approximate surface area is 186 Å². The van der Waals surface area contributed by atoms with Gasteiger partial charge < -0.3 is 9.47 Å². The number of hydrogen-bond donors (Lipinski definition) is 2. The van der Waals surface area contributed by atoms with Crippen molar-refractivity contribution >= 4 is 23.3 Å². The fourth-order valence-corrected chi connectivity index (χ4v) is 3.20. The summed E-state index contributed by atoms with van der Waals surface area (Å²) < 4.78 is 25.1. The van der Waals surface area contributed by atoms with Crippen LogP contribution in [0.25, 0.3) is 0 Å². The van der Waals surface area contributed by atoms with Gasteiger partial charge in [0.1, 0.15) is 18.2 Å². The van der Waals surface area contributed by atoms with E-state index in [-0.39, 0.29) is 12.4 Å². The van der Waals surface area contributed by atoms with Crippen molar-refractivity contribution in [3.05, 3.63) is 58.9 Å².